The number of carbonyl (C=O) groups excluding carboxylic acids is 1. The van der Waals surface area contributed by atoms with E-state index >= 15 is 0 Å². The van der Waals surface area contributed by atoms with Crippen molar-refractivity contribution in [3.63, 3.8) is 0 Å². The summed E-state index contributed by atoms with van der Waals surface area (Å²) < 4.78 is 1.95. The SMILES string of the molecule is Cc1cnc2c(-c3ccc(Cl)cc3)c(-c3ccccc3Cl)nn2c1N1CCC2(CC1)C(=O)NCN2C(C)C. The first-order chi connectivity index (χ1) is 18.3. The highest BCUT2D eigenvalue weighted by atomic mass is 35.5. The minimum atomic E-state index is -0.452. The molecule has 0 bridgehead atoms. The summed E-state index contributed by atoms with van der Waals surface area (Å²) in [7, 11) is 0. The second kappa shape index (κ2) is 9.56. The number of halogens is 2. The lowest BCUT2D eigenvalue weighted by atomic mass is 9.85. The van der Waals surface area contributed by atoms with Crippen LogP contribution in [0, 0.1) is 6.92 Å². The van der Waals surface area contributed by atoms with Crippen LogP contribution in [0.4, 0.5) is 5.82 Å². The van der Waals surface area contributed by atoms with Crippen LogP contribution in [0.3, 0.4) is 0 Å². The van der Waals surface area contributed by atoms with E-state index in [1.54, 1.807) is 0 Å². The number of rotatable bonds is 4. The summed E-state index contributed by atoms with van der Waals surface area (Å²) in [5.74, 6) is 1.14. The summed E-state index contributed by atoms with van der Waals surface area (Å²) in [4.78, 5) is 22.5. The number of nitrogens with one attached hydrogen (secondary N) is 1. The zero-order chi connectivity index (χ0) is 26.6. The van der Waals surface area contributed by atoms with Gasteiger partial charge >= 0.3 is 0 Å². The van der Waals surface area contributed by atoms with Gasteiger partial charge in [-0.3, -0.25) is 9.69 Å². The highest BCUT2D eigenvalue weighted by molar-refractivity contribution is 6.33. The van der Waals surface area contributed by atoms with Crippen LogP contribution in [0.25, 0.3) is 28.0 Å². The molecule has 0 saturated carbocycles. The standard InChI is InChI=1S/C29H30Cl2N6O/c1-18(2)36-17-33-28(38)29(36)12-14-35(15-13-29)27-19(3)16-32-26-24(20-8-10-21(30)11-9-20)25(34-37(26)27)22-6-4-5-7-23(22)31/h4-11,16,18H,12-15,17H2,1-3H3,(H,33,38). The zero-order valence-corrected chi connectivity index (χ0v) is 23.2. The van der Waals surface area contributed by atoms with Gasteiger partial charge in [-0.2, -0.15) is 9.61 Å². The Hall–Kier alpha value is -3.13. The molecule has 0 unspecified atom stereocenters. The number of aryl methyl sites for hydroxylation is 1. The van der Waals surface area contributed by atoms with Gasteiger partial charge in [0.1, 0.15) is 17.1 Å². The van der Waals surface area contributed by atoms with E-state index in [-0.39, 0.29) is 5.91 Å². The van der Waals surface area contributed by atoms with Crippen molar-refractivity contribution >= 4 is 40.6 Å². The van der Waals surface area contributed by atoms with Crippen molar-refractivity contribution in [2.75, 3.05) is 24.7 Å². The third-order valence-electron chi connectivity index (χ3n) is 7.95. The molecule has 2 aliphatic heterocycles. The van der Waals surface area contributed by atoms with E-state index in [2.05, 4.69) is 35.9 Å². The lowest BCUT2D eigenvalue weighted by Gasteiger charge is -2.44. The van der Waals surface area contributed by atoms with Crippen molar-refractivity contribution in [1.82, 2.24) is 24.8 Å². The molecule has 196 valence electrons. The number of hydrogen-bond donors (Lipinski definition) is 1. The average Bonchev–Trinajstić information content (AvgIpc) is 3.43. The molecule has 2 fully saturated rings. The quantitative estimate of drug-likeness (QED) is 0.348. The number of nitrogens with zero attached hydrogens (tertiary/aromatic N) is 5. The summed E-state index contributed by atoms with van der Waals surface area (Å²) in [5, 5.41) is 9.51. The first-order valence-corrected chi connectivity index (χ1v) is 13.7. The summed E-state index contributed by atoms with van der Waals surface area (Å²) >= 11 is 12.9. The van der Waals surface area contributed by atoms with Crippen LogP contribution in [-0.4, -0.2) is 56.7 Å². The number of aromatic nitrogens is 3. The highest BCUT2D eigenvalue weighted by Crippen LogP contribution is 2.41. The molecule has 2 aromatic carbocycles. The van der Waals surface area contributed by atoms with Gasteiger partial charge in [0.25, 0.3) is 0 Å². The molecule has 7 nitrogen and oxygen atoms in total. The predicted molar refractivity (Wildman–Crippen MR) is 153 cm³/mol. The van der Waals surface area contributed by atoms with Crippen LogP contribution in [0.2, 0.25) is 10.0 Å². The summed E-state index contributed by atoms with van der Waals surface area (Å²) in [6.07, 6.45) is 3.42. The average molecular weight is 550 g/mol. The fourth-order valence-corrected chi connectivity index (χ4v) is 6.40. The molecule has 2 saturated heterocycles. The maximum atomic E-state index is 13.0. The fourth-order valence-electron chi connectivity index (χ4n) is 6.05. The molecular weight excluding hydrogens is 519 g/mol. The van der Waals surface area contributed by atoms with E-state index in [9.17, 15) is 4.79 Å². The van der Waals surface area contributed by atoms with Crippen LogP contribution < -0.4 is 10.2 Å². The first kappa shape index (κ1) is 25.2. The number of amides is 1. The van der Waals surface area contributed by atoms with E-state index in [0.717, 1.165) is 65.3 Å². The Morgan fingerprint density at radius 3 is 2.42 bits per heavy atom. The van der Waals surface area contributed by atoms with Gasteiger partial charge in [-0.25, -0.2) is 4.98 Å². The molecule has 1 N–H and O–H groups in total. The molecule has 9 heteroatoms. The molecule has 6 rings (SSSR count). The van der Waals surface area contributed by atoms with Crippen LogP contribution in [-0.2, 0) is 4.79 Å². The summed E-state index contributed by atoms with van der Waals surface area (Å²) in [5.41, 5.74) is 4.82. The van der Waals surface area contributed by atoms with Crippen LogP contribution in [0.5, 0.6) is 0 Å². The predicted octanol–water partition coefficient (Wildman–Crippen LogP) is 5.82. The number of hydrogen-bond acceptors (Lipinski definition) is 5. The third-order valence-corrected chi connectivity index (χ3v) is 8.53. The molecule has 0 atom stereocenters. The fraction of sp³-hybridized carbons (Fsp3) is 0.345. The molecule has 38 heavy (non-hydrogen) atoms. The Balaban J connectivity index is 1.48. The monoisotopic (exact) mass is 548 g/mol. The Morgan fingerprint density at radius 2 is 1.74 bits per heavy atom. The number of anilines is 1. The van der Waals surface area contributed by atoms with Crippen molar-refractivity contribution in [3.8, 4) is 22.4 Å². The molecule has 4 heterocycles. The molecule has 2 aliphatic rings. The third kappa shape index (κ3) is 3.96. The normalized spacial score (nSPS) is 17.6. The van der Waals surface area contributed by atoms with Gasteiger partial charge in [-0.05, 0) is 57.4 Å². The van der Waals surface area contributed by atoms with Gasteiger partial charge < -0.3 is 10.2 Å². The second-order valence-corrected chi connectivity index (χ2v) is 11.3. The van der Waals surface area contributed by atoms with Crippen molar-refractivity contribution in [3.05, 3.63) is 70.3 Å². The minimum Gasteiger partial charge on any atom is -0.356 e. The molecule has 1 spiro atoms. The number of benzene rings is 2. The lowest BCUT2D eigenvalue weighted by molar-refractivity contribution is -0.128. The van der Waals surface area contributed by atoms with E-state index in [1.807, 2.05) is 59.2 Å². The molecule has 1 amide bonds. The molecule has 0 aliphatic carbocycles. The molecular formula is C29H30Cl2N6O. The van der Waals surface area contributed by atoms with Gasteiger partial charge in [-0.15, -0.1) is 0 Å². The summed E-state index contributed by atoms with van der Waals surface area (Å²) in [6, 6.07) is 15.8. The Kier molecular flexibility index (Phi) is 6.33. The van der Waals surface area contributed by atoms with E-state index in [4.69, 9.17) is 33.3 Å². The molecule has 0 radical (unpaired) electrons. The number of piperidine rings is 1. The van der Waals surface area contributed by atoms with Gasteiger partial charge in [-0.1, -0.05) is 53.5 Å². The highest BCUT2D eigenvalue weighted by Gasteiger charge is 2.51. The Morgan fingerprint density at radius 1 is 1.03 bits per heavy atom. The Labute approximate surface area is 232 Å². The largest absolute Gasteiger partial charge is 0.356 e. The minimum absolute atomic E-state index is 0.146. The molecule has 2 aromatic heterocycles. The number of carbonyl (C=O) groups is 1. The zero-order valence-electron chi connectivity index (χ0n) is 21.7. The Bertz CT molecular complexity index is 1520. The van der Waals surface area contributed by atoms with Crippen molar-refractivity contribution in [2.45, 2.75) is 45.2 Å². The van der Waals surface area contributed by atoms with Gasteiger partial charge in [0, 0.05) is 41.5 Å². The maximum absolute atomic E-state index is 13.0. The van der Waals surface area contributed by atoms with Crippen LogP contribution >= 0.6 is 23.2 Å². The molecule has 4 aromatic rings. The number of fused-ring (bicyclic) bond motifs is 1. The van der Waals surface area contributed by atoms with Gasteiger partial charge in [0.15, 0.2) is 5.65 Å². The van der Waals surface area contributed by atoms with Crippen LogP contribution in [0.15, 0.2) is 54.7 Å². The first-order valence-electron chi connectivity index (χ1n) is 13.0. The summed E-state index contributed by atoms with van der Waals surface area (Å²) in [6.45, 7) is 8.47. The van der Waals surface area contributed by atoms with E-state index in [1.165, 1.54) is 0 Å². The van der Waals surface area contributed by atoms with E-state index < -0.39 is 5.54 Å². The van der Waals surface area contributed by atoms with E-state index in [0.29, 0.717) is 22.8 Å². The lowest BCUT2D eigenvalue weighted by Crippen LogP contribution is -2.58. The van der Waals surface area contributed by atoms with Crippen LogP contribution in [0.1, 0.15) is 32.3 Å². The second-order valence-electron chi connectivity index (χ2n) is 10.5. The van der Waals surface area contributed by atoms with Gasteiger partial charge in [0.05, 0.1) is 17.3 Å². The smallest absolute Gasteiger partial charge is 0.241 e. The van der Waals surface area contributed by atoms with Crippen molar-refractivity contribution in [2.24, 2.45) is 0 Å². The maximum Gasteiger partial charge on any atom is 0.241 e. The van der Waals surface area contributed by atoms with Crippen molar-refractivity contribution < 1.29 is 4.79 Å². The van der Waals surface area contributed by atoms with Crippen molar-refractivity contribution in [1.29, 1.82) is 0 Å². The van der Waals surface area contributed by atoms with Gasteiger partial charge in [0.2, 0.25) is 5.91 Å². The topological polar surface area (TPSA) is 65.8 Å².